The average molecular weight is 266 g/mol. The lowest BCUT2D eigenvalue weighted by atomic mass is 9.75. The molecule has 0 radical (unpaired) electrons. The molecule has 2 aromatic heterocycles. The zero-order valence-electron chi connectivity index (χ0n) is 11.9. The van der Waals surface area contributed by atoms with Crippen molar-refractivity contribution < 1.29 is 4.79 Å². The van der Waals surface area contributed by atoms with Crippen molar-refractivity contribution in [3.63, 3.8) is 0 Å². The predicted molar refractivity (Wildman–Crippen MR) is 80.1 cm³/mol. The van der Waals surface area contributed by atoms with Crippen LogP contribution in [0.1, 0.15) is 41.9 Å². The van der Waals surface area contributed by atoms with Gasteiger partial charge >= 0.3 is 0 Å². The second-order valence-corrected chi connectivity index (χ2v) is 6.11. The van der Waals surface area contributed by atoms with Gasteiger partial charge in [0.05, 0.1) is 0 Å². The van der Waals surface area contributed by atoms with Gasteiger partial charge in [-0.05, 0) is 24.0 Å². The summed E-state index contributed by atoms with van der Waals surface area (Å²) in [7, 11) is 0. The Bertz CT molecular complexity index is 681. The molecule has 2 heterocycles. The van der Waals surface area contributed by atoms with Gasteiger partial charge in [-0.1, -0.05) is 32.6 Å². The number of aromatic nitrogens is 2. The lowest BCUT2D eigenvalue weighted by Crippen LogP contribution is -2.28. The third kappa shape index (κ3) is 1.99. The van der Waals surface area contributed by atoms with Gasteiger partial charge in [0.25, 0.3) is 0 Å². The number of Topliss-reactive ketones (excluding diaryl/α,β-unsaturated/α-hetero) is 1. The molecule has 0 N–H and O–H groups in total. The van der Waals surface area contributed by atoms with E-state index in [9.17, 15) is 4.79 Å². The molecule has 1 aliphatic rings. The number of fused-ring (bicyclic) bond motifs is 1. The molecule has 3 rings (SSSR count). The number of nitrogens with zero attached hydrogens (tertiary/aromatic N) is 2. The SMILES string of the molecule is C=Cc1cn(-c2ccccn2)c2c1C(=O)CC(C)(C)C2. The fraction of sp³-hybridized carbons (Fsp3) is 0.294. The zero-order chi connectivity index (χ0) is 14.3. The van der Waals surface area contributed by atoms with E-state index in [1.165, 1.54) is 0 Å². The standard InChI is InChI=1S/C17H18N2O/c1-4-12-11-19(15-7-5-6-8-18-15)13-9-17(2,3)10-14(20)16(12)13/h4-8,11H,1,9-10H2,2-3H3. The summed E-state index contributed by atoms with van der Waals surface area (Å²) in [5.41, 5.74) is 2.78. The minimum Gasteiger partial charge on any atom is -0.304 e. The van der Waals surface area contributed by atoms with E-state index < -0.39 is 0 Å². The van der Waals surface area contributed by atoms with Crippen LogP contribution in [0.15, 0.2) is 37.2 Å². The monoisotopic (exact) mass is 266 g/mol. The molecule has 2 aromatic rings. The molecule has 0 unspecified atom stereocenters. The molecule has 102 valence electrons. The second-order valence-electron chi connectivity index (χ2n) is 6.11. The van der Waals surface area contributed by atoms with Crippen LogP contribution in [0.5, 0.6) is 0 Å². The molecule has 0 aliphatic heterocycles. The molecule has 0 spiro atoms. The Hall–Kier alpha value is -2.16. The summed E-state index contributed by atoms with van der Waals surface area (Å²) in [4.78, 5) is 16.8. The first-order chi connectivity index (χ1) is 9.52. The summed E-state index contributed by atoms with van der Waals surface area (Å²) in [5.74, 6) is 1.06. The van der Waals surface area contributed by atoms with Crippen LogP contribution in [0.3, 0.4) is 0 Å². The number of carbonyl (C=O) groups excluding carboxylic acids is 1. The van der Waals surface area contributed by atoms with Crippen LogP contribution in [-0.2, 0) is 6.42 Å². The van der Waals surface area contributed by atoms with Crippen LogP contribution in [-0.4, -0.2) is 15.3 Å². The van der Waals surface area contributed by atoms with E-state index in [-0.39, 0.29) is 11.2 Å². The van der Waals surface area contributed by atoms with Crippen molar-refractivity contribution in [2.75, 3.05) is 0 Å². The van der Waals surface area contributed by atoms with Crippen molar-refractivity contribution in [1.29, 1.82) is 0 Å². The van der Waals surface area contributed by atoms with Crippen LogP contribution in [0, 0.1) is 5.41 Å². The lowest BCUT2D eigenvalue weighted by Gasteiger charge is -2.29. The normalized spacial score (nSPS) is 16.8. The van der Waals surface area contributed by atoms with Gasteiger partial charge in [-0.2, -0.15) is 0 Å². The van der Waals surface area contributed by atoms with E-state index in [4.69, 9.17) is 0 Å². The summed E-state index contributed by atoms with van der Waals surface area (Å²) in [6.07, 6.45) is 6.96. The molecule has 0 aromatic carbocycles. The van der Waals surface area contributed by atoms with Crippen molar-refractivity contribution in [2.45, 2.75) is 26.7 Å². The first-order valence-corrected chi connectivity index (χ1v) is 6.83. The number of pyridine rings is 1. The van der Waals surface area contributed by atoms with Gasteiger partial charge in [-0.3, -0.25) is 4.79 Å². The first kappa shape index (κ1) is 12.9. The number of hydrogen-bond acceptors (Lipinski definition) is 2. The lowest BCUT2D eigenvalue weighted by molar-refractivity contribution is 0.0910. The Balaban J connectivity index is 2.24. The van der Waals surface area contributed by atoms with Gasteiger partial charge < -0.3 is 4.57 Å². The quantitative estimate of drug-likeness (QED) is 0.831. The van der Waals surface area contributed by atoms with Crippen molar-refractivity contribution in [2.24, 2.45) is 5.41 Å². The molecular formula is C17H18N2O. The Kier molecular flexibility index (Phi) is 2.85. The molecule has 0 amide bonds. The van der Waals surface area contributed by atoms with E-state index in [2.05, 4.69) is 25.4 Å². The maximum Gasteiger partial charge on any atom is 0.165 e. The minimum atomic E-state index is -0.00654. The van der Waals surface area contributed by atoms with E-state index in [0.29, 0.717) is 6.42 Å². The maximum atomic E-state index is 12.4. The van der Waals surface area contributed by atoms with Gasteiger partial charge in [0.1, 0.15) is 5.82 Å². The van der Waals surface area contributed by atoms with E-state index in [1.807, 2.05) is 29.0 Å². The maximum absolute atomic E-state index is 12.4. The molecule has 0 fully saturated rings. The average Bonchev–Trinajstić information content (AvgIpc) is 2.77. The smallest absolute Gasteiger partial charge is 0.165 e. The highest BCUT2D eigenvalue weighted by atomic mass is 16.1. The van der Waals surface area contributed by atoms with Crippen molar-refractivity contribution in [3.8, 4) is 5.82 Å². The van der Waals surface area contributed by atoms with Crippen molar-refractivity contribution in [3.05, 3.63) is 54.0 Å². The molecule has 3 heteroatoms. The van der Waals surface area contributed by atoms with Gasteiger partial charge in [0.2, 0.25) is 0 Å². The van der Waals surface area contributed by atoms with Crippen LogP contribution in [0.4, 0.5) is 0 Å². The minimum absolute atomic E-state index is 0.00654. The molecule has 0 saturated heterocycles. The Labute approximate surface area is 119 Å². The number of ketones is 1. The van der Waals surface area contributed by atoms with Crippen LogP contribution in [0.2, 0.25) is 0 Å². The second kappa shape index (κ2) is 4.44. The molecule has 0 bridgehead atoms. The zero-order valence-corrected chi connectivity index (χ0v) is 11.9. The third-order valence-electron chi connectivity index (χ3n) is 3.82. The topological polar surface area (TPSA) is 34.9 Å². The highest BCUT2D eigenvalue weighted by Crippen LogP contribution is 2.38. The van der Waals surface area contributed by atoms with Gasteiger partial charge in [0.15, 0.2) is 5.78 Å². The highest BCUT2D eigenvalue weighted by Gasteiger charge is 2.35. The number of hydrogen-bond donors (Lipinski definition) is 0. The third-order valence-corrected chi connectivity index (χ3v) is 3.82. The van der Waals surface area contributed by atoms with Crippen LogP contribution in [0.25, 0.3) is 11.9 Å². The fourth-order valence-electron chi connectivity index (χ4n) is 2.96. The Morgan fingerprint density at radius 3 is 2.80 bits per heavy atom. The van der Waals surface area contributed by atoms with E-state index in [1.54, 1.807) is 12.3 Å². The van der Waals surface area contributed by atoms with Gasteiger partial charge in [-0.25, -0.2) is 4.98 Å². The molecule has 0 atom stereocenters. The molecule has 20 heavy (non-hydrogen) atoms. The van der Waals surface area contributed by atoms with Crippen LogP contribution < -0.4 is 0 Å². The molecule has 3 nitrogen and oxygen atoms in total. The van der Waals surface area contributed by atoms with Crippen molar-refractivity contribution >= 4 is 11.9 Å². The van der Waals surface area contributed by atoms with Crippen molar-refractivity contribution in [1.82, 2.24) is 9.55 Å². The summed E-state index contributed by atoms with van der Waals surface area (Å²) < 4.78 is 2.03. The molecule has 1 aliphatic carbocycles. The Morgan fingerprint density at radius 2 is 2.15 bits per heavy atom. The number of rotatable bonds is 2. The van der Waals surface area contributed by atoms with E-state index in [0.717, 1.165) is 29.1 Å². The van der Waals surface area contributed by atoms with Gasteiger partial charge in [0, 0.05) is 35.6 Å². The summed E-state index contributed by atoms with van der Waals surface area (Å²) in [6.45, 7) is 8.10. The number of carbonyl (C=O) groups is 1. The van der Waals surface area contributed by atoms with E-state index >= 15 is 0 Å². The highest BCUT2D eigenvalue weighted by molar-refractivity contribution is 6.02. The predicted octanol–water partition coefficient (Wildman–Crippen LogP) is 3.67. The largest absolute Gasteiger partial charge is 0.304 e. The summed E-state index contributed by atoms with van der Waals surface area (Å²) in [5, 5.41) is 0. The first-order valence-electron chi connectivity index (χ1n) is 6.83. The van der Waals surface area contributed by atoms with Crippen LogP contribution >= 0.6 is 0 Å². The summed E-state index contributed by atoms with van der Waals surface area (Å²) in [6, 6.07) is 5.81. The fourth-order valence-corrected chi connectivity index (χ4v) is 2.96. The molecular weight excluding hydrogens is 248 g/mol. The van der Waals surface area contributed by atoms with Gasteiger partial charge in [-0.15, -0.1) is 0 Å². The molecule has 0 saturated carbocycles. The Morgan fingerprint density at radius 1 is 1.35 bits per heavy atom. The summed E-state index contributed by atoms with van der Waals surface area (Å²) >= 11 is 0.